The molecule has 2 aliphatic heterocycles. The van der Waals surface area contributed by atoms with Gasteiger partial charge >= 0.3 is 12.1 Å². The summed E-state index contributed by atoms with van der Waals surface area (Å²) in [5, 5.41) is 8.82. The summed E-state index contributed by atoms with van der Waals surface area (Å²) in [6, 6.07) is 0. The lowest BCUT2D eigenvalue weighted by Crippen LogP contribution is -2.41. The summed E-state index contributed by atoms with van der Waals surface area (Å²) >= 11 is 0. The molecule has 0 saturated carbocycles. The Morgan fingerprint density at radius 3 is 2.32 bits per heavy atom. The molecule has 2 fully saturated rings. The maximum atomic E-state index is 12.2. The Bertz CT molecular complexity index is 506. The third-order valence-electron chi connectivity index (χ3n) is 4.92. The first-order chi connectivity index (χ1) is 11.7. The first kappa shape index (κ1) is 19.5. The molecule has 25 heavy (non-hydrogen) atoms. The number of hydrogen-bond acceptors (Lipinski definition) is 4. The lowest BCUT2D eigenvalue weighted by atomic mass is 9.88. The average molecular weight is 354 g/mol. The van der Waals surface area contributed by atoms with E-state index in [1.54, 1.807) is 4.90 Å². The second kappa shape index (κ2) is 8.06. The molecular formula is C18H30N2O5. The van der Waals surface area contributed by atoms with Crippen LogP contribution in [0.15, 0.2) is 0 Å². The monoisotopic (exact) mass is 354 g/mol. The van der Waals surface area contributed by atoms with Crippen molar-refractivity contribution in [2.24, 2.45) is 11.8 Å². The van der Waals surface area contributed by atoms with E-state index in [4.69, 9.17) is 9.84 Å². The Morgan fingerprint density at radius 1 is 1.12 bits per heavy atom. The number of carboxylic acid groups (broad SMARTS) is 1. The molecule has 2 heterocycles. The second-order valence-corrected chi connectivity index (χ2v) is 8.13. The van der Waals surface area contributed by atoms with Gasteiger partial charge in [0.25, 0.3) is 0 Å². The molecule has 7 nitrogen and oxygen atoms in total. The van der Waals surface area contributed by atoms with Crippen LogP contribution in [-0.2, 0) is 14.3 Å². The fourth-order valence-corrected chi connectivity index (χ4v) is 3.56. The van der Waals surface area contributed by atoms with E-state index in [2.05, 4.69) is 0 Å². The summed E-state index contributed by atoms with van der Waals surface area (Å²) in [4.78, 5) is 38.2. The largest absolute Gasteiger partial charge is 0.480 e. The van der Waals surface area contributed by atoms with Crippen molar-refractivity contribution in [1.82, 2.24) is 9.80 Å². The van der Waals surface area contributed by atoms with Crippen LogP contribution in [0.25, 0.3) is 0 Å². The van der Waals surface area contributed by atoms with E-state index in [0.717, 1.165) is 32.1 Å². The summed E-state index contributed by atoms with van der Waals surface area (Å²) in [6.07, 6.45) is 4.13. The first-order valence-corrected chi connectivity index (χ1v) is 9.14. The highest BCUT2D eigenvalue weighted by Gasteiger charge is 2.33. The molecule has 0 radical (unpaired) electrons. The summed E-state index contributed by atoms with van der Waals surface area (Å²) < 4.78 is 5.40. The zero-order valence-corrected chi connectivity index (χ0v) is 15.5. The van der Waals surface area contributed by atoms with Crippen LogP contribution < -0.4 is 0 Å². The lowest BCUT2D eigenvalue weighted by Gasteiger charge is -2.33. The van der Waals surface area contributed by atoms with Gasteiger partial charge in [0.15, 0.2) is 0 Å². The number of carboxylic acids is 1. The van der Waals surface area contributed by atoms with Gasteiger partial charge in [-0.25, -0.2) is 4.79 Å². The minimum Gasteiger partial charge on any atom is -0.480 e. The van der Waals surface area contributed by atoms with Gasteiger partial charge in [-0.2, -0.15) is 0 Å². The fourth-order valence-electron chi connectivity index (χ4n) is 3.56. The summed E-state index contributed by atoms with van der Waals surface area (Å²) in [6.45, 7) is 7.35. The number of amides is 2. The lowest BCUT2D eigenvalue weighted by molar-refractivity contribution is -0.143. The van der Waals surface area contributed by atoms with Gasteiger partial charge in [-0.1, -0.05) is 0 Å². The molecule has 0 spiro atoms. The average Bonchev–Trinajstić information content (AvgIpc) is 2.84. The van der Waals surface area contributed by atoms with E-state index in [-0.39, 0.29) is 24.5 Å². The number of ether oxygens (including phenoxy) is 1. The number of rotatable bonds is 5. The van der Waals surface area contributed by atoms with Crippen molar-refractivity contribution in [3.63, 3.8) is 0 Å². The molecule has 0 aromatic carbocycles. The molecular weight excluding hydrogens is 324 g/mol. The van der Waals surface area contributed by atoms with Crippen LogP contribution in [0.3, 0.4) is 0 Å². The van der Waals surface area contributed by atoms with Crippen LogP contribution in [0.4, 0.5) is 4.79 Å². The molecule has 1 N–H and O–H groups in total. The van der Waals surface area contributed by atoms with Crippen molar-refractivity contribution >= 4 is 18.0 Å². The zero-order valence-electron chi connectivity index (χ0n) is 15.5. The number of carbonyl (C=O) groups is 3. The van der Waals surface area contributed by atoms with E-state index < -0.39 is 11.6 Å². The maximum absolute atomic E-state index is 12.2. The van der Waals surface area contributed by atoms with Gasteiger partial charge in [0, 0.05) is 25.6 Å². The number of carbonyl (C=O) groups excluding carboxylic acids is 2. The Balaban J connectivity index is 1.70. The fraction of sp³-hybridized carbons (Fsp3) is 0.833. The van der Waals surface area contributed by atoms with Crippen molar-refractivity contribution in [2.45, 2.75) is 58.5 Å². The van der Waals surface area contributed by atoms with Crippen molar-refractivity contribution in [2.75, 3.05) is 26.2 Å². The standard InChI is InChI=1S/C18H30N2O5/c1-18(2,3)25-17(24)19-9-6-13(7-10-19)4-5-14-8-11-20(16(14)23)12-15(21)22/h13-14H,4-12H2,1-3H3,(H,21,22). The second-order valence-electron chi connectivity index (χ2n) is 8.13. The van der Waals surface area contributed by atoms with Crippen LogP contribution >= 0.6 is 0 Å². The number of nitrogens with zero attached hydrogens (tertiary/aromatic N) is 2. The van der Waals surface area contributed by atoms with Gasteiger partial charge in [-0.05, 0) is 58.8 Å². The number of piperidine rings is 1. The van der Waals surface area contributed by atoms with E-state index in [1.807, 2.05) is 20.8 Å². The van der Waals surface area contributed by atoms with Gasteiger partial charge < -0.3 is 19.6 Å². The minimum absolute atomic E-state index is 0.0198. The van der Waals surface area contributed by atoms with Gasteiger partial charge in [-0.3, -0.25) is 9.59 Å². The molecule has 2 aliphatic rings. The minimum atomic E-state index is -0.955. The van der Waals surface area contributed by atoms with Crippen molar-refractivity contribution in [3.05, 3.63) is 0 Å². The molecule has 1 unspecified atom stereocenters. The predicted molar refractivity (Wildman–Crippen MR) is 92.1 cm³/mol. The molecule has 2 saturated heterocycles. The van der Waals surface area contributed by atoms with Gasteiger partial charge in [0.2, 0.25) is 5.91 Å². The van der Waals surface area contributed by atoms with Crippen LogP contribution in [-0.4, -0.2) is 64.7 Å². The Kier molecular flexibility index (Phi) is 6.30. The predicted octanol–water partition coefficient (Wildman–Crippen LogP) is 2.35. The Morgan fingerprint density at radius 2 is 1.76 bits per heavy atom. The summed E-state index contributed by atoms with van der Waals surface area (Å²) in [7, 11) is 0. The number of likely N-dealkylation sites (tertiary alicyclic amines) is 2. The van der Waals surface area contributed by atoms with Gasteiger partial charge in [-0.15, -0.1) is 0 Å². The van der Waals surface area contributed by atoms with E-state index in [0.29, 0.717) is 25.6 Å². The van der Waals surface area contributed by atoms with Crippen molar-refractivity contribution < 1.29 is 24.2 Å². The van der Waals surface area contributed by atoms with E-state index >= 15 is 0 Å². The highest BCUT2D eigenvalue weighted by atomic mass is 16.6. The van der Waals surface area contributed by atoms with Gasteiger partial charge in [0.05, 0.1) is 0 Å². The smallest absolute Gasteiger partial charge is 0.410 e. The van der Waals surface area contributed by atoms with Crippen LogP contribution in [0.1, 0.15) is 52.9 Å². The number of aliphatic carboxylic acids is 1. The molecule has 2 rings (SSSR count). The molecule has 0 aliphatic carbocycles. The molecule has 0 aromatic heterocycles. The van der Waals surface area contributed by atoms with Gasteiger partial charge in [0.1, 0.15) is 12.1 Å². The van der Waals surface area contributed by atoms with E-state index in [1.165, 1.54) is 4.90 Å². The maximum Gasteiger partial charge on any atom is 0.410 e. The molecule has 0 bridgehead atoms. The Hall–Kier alpha value is -1.79. The number of hydrogen-bond donors (Lipinski definition) is 1. The van der Waals surface area contributed by atoms with Crippen molar-refractivity contribution in [3.8, 4) is 0 Å². The normalized spacial score (nSPS) is 22.4. The third-order valence-corrected chi connectivity index (χ3v) is 4.92. The van der Waals surface area contributed by atoms with Crippen LogP contribution in [0.5, 0.6) is 0 Å². The highest BCUT2D eigenvalue weighted by Crippen LogP contribution is 2.29. The molecule has 0 aromatic rings. The van der Waals surface area contributed by atoms with Crippen LogP contribution in [0.2, 0.25) is 0 Å². The third kappa shape index (κ3) is 5.90. The summed E-state index contributed by atoms with van der Waals surface area (Å²) in [5.74, 6) is -0.500. The topological polar surface area (TPSA) is 87.2 Å². The SMILES string of the molecule is CC(C)(C)OC(=O)N1CCC(CCC2CCN(CC(=O)O)C2=O)CC1. The highest BCUT2D eigenvalue weighted by molar-refractivity contribution is 5.84. The van der Waals surface area contributed by atoms with Crippen LogP contribution in [0, 0.1) is 11.8 Å². The zero-order chi connectivity index (χ0) is 18.6. The first-order valence-electron chi connectivity index (χ1n) is 9.14. The quantitative estimate of drug-likeness (QED) is 0.819. The Labute approximate surface area is 149 Å². The molecule has 2 amide bonds. The molecule has 7 heteroatoms. The van der Waals surface area contributed by atoms with E-state index in [9.17, 15) is 14.4 Å². The molecule has 142 valence electrons. The summed E-state index contributed by atoms with van der Waals surface area (Å²) in [5.41, 5.74) is -0.474. The molecule has 1 atom stereocenters. The van der Waals surface area contributed by atoms with Crippen molar-refractivity contribution in [1.29, 1.82) is 0 Å².